The van der Waals surface area contributed by atoms with E-state index in [0.717, 1.165) is 55.3 Å². The topological polar surface area (TPSA) is 146 Å². The number of amides is 2. The molecule has 2 aliphatic rings. The number of anilines is 1. The molecule has 0 radical (unpaired) electrons. The van der Waals surface area contributed by atoms with Gasteiger partial charge in [0.2, 0.25) is 0 Å². The molecule has 31 heavy (non-hydrogen) atoms. The third-order valence-corrected chi connectivity index (χ3v) is 7.10. The zero-order valence-electron chi connectivity index (χ0n) is 16.7. The lowest BCUT2D eigenvalue weighted by molar-refractivity contribution is 0.256. The Hall–Kier alpha value is -3.34. The number of carbonyl (C=O) groups is 1. The van der Waals surface area contributed by atoms with Gasteiger partial charge in [-0.3, -0.25) is 4.68 Å². The van der Waals surface area contributed by atoms with Crippen LogP contribution >= 0.6 is 0 Å². The van der Waals surface area contributed by atoms with Crippen molar-refractivity contribution in [2.24, 2.45) is 0 Å². The number of urea groups is 1. The average molecular weight is 443 g/mol. The molecule has 162 valence electrons. The van der Waals surface area contributed by atoms with Crippen molar-refractivity contribution >= 4 is 21.6 Å². The molecule has 10 nitrogen and oxygen atoms in total. The Kier molecular flexibility index (Phi) is 4.69. The van der Waals surface area contributed by atoms with Gasteiger partial charge in [0.15, 0.2) is 15.7 Å². The molecule has 2 amide bonds. The van der Waals surface area contributed by atoms with Crippen molar-refractivity contribution in [1.29, 1.82) is 4.78 Å². The number of fused-ring (bicyclic) bond motifs is 2. The van der Waals surface area contributed by atoms with Gasteiger partial charge in [0, 0.05) is 18.0 Å². The van der Waals surface area contributed by atoms with Gasteiger partial charge >= 0.3 is 6.03 Å². The van der Waals surface area contributed by atoms with Gasteiger partial charge in [-0.25, -0.2) is 18.5 Å². The van der Waals surface area contributed by atoms with Crippen LogP contribution in [0.25, 0.3) is 0 Å². The van der Waals surface area contributed by atoms with Gasteiger partial charge < -0.3 is 14.9 Å². The fourth-order valence-electron chi connectivity index (χ4n) is 4.41. The zero-order chi connectivity index (χ0) is 21.6. The number of carbonyl (C=O) groups excluding carboxylic acids is 1. The summed E-state index contributed by atoms with van der Waals surface area (Å²) in [6, 6.07) is 2.94. The number of nitrogens with zero attached hydrogens (tertiary/aromatic N) is 3. The second-order valence-corrected chi connectivity index (χ2v) is 9.66. The summed E-state index contributed by atoms with van der Waals surface area (Å²) in [4.78, 5) is 12.8. The summed E-state index contributed by atoms with van der Waals surface area (Å²) in [5, 5.41) is 19.6. The number of benzene rings is 1. The summed E-state index contributed by atoms with van der Waals surface area (Å²) in [6.45, 7) is 0.136. The second kappa shape index (κ2) is 7.41. The minimum Gasteiger partial charge on any atom is -0.491 e. The van der Waals surface area contributed by atoms with Crippen LogP contribution in [0.15, 0.2) is 33.9 Å². The molecule has 1 unspecified atom stereocenters. The summed E-state index contributed by atoms with van der Waals surface area (Å²) >= 11 is 0. The lowest BCUT2D eigenvalue weighted by Gasteiger charge is -2.17. The third-order valence-electron chi connectivity index (χ3n) is 5.75. The van der Waals surface area contributed by atoms with Crippen LogP contribution in [0.3, 0.4) is 0 Å². The van der Waals surface area contributed by atoms with E-state index in [2.05, 4.69) is 26.4 Å². The summed E-state index contributed by atoms with van der Waals surface area (Å²) in [6.07, 6.45) is 8.64. The number of hydrogen-bond acceptors (Lipinski definition) is 7. The van der Waals surface area contributed by atoms with Crippen molar-refractivity contribution in [3.8, 4) is 5.88 Å². The maximum absolute atomic E-state index is 12.9. The fraction of sp³-hybridized carbons (Fsp3) is 0.350. The molecule has 2 aliphatic carbocycles. The van der Waals surface area contributed by atoms with E-state index in [1.54, 1.807) is 0 Å². The van der Waals surface area contributed by atoms with Crippen molar-refractivity contribution in [3.05, 3.63) is 52.5 Å². The smallest absolute Gasteiger partial charge is 0.331 e. The summed E-state index contributed by atoms with van der Waals surface area (Å²) in [5.74, 6) is 0.102. The molecule has 4 N–H and O–H groups in total. The van der Waals surface area contributed by atoms with E-state index in [9.17, 15) is 14.1 Å². The molecule has 0 saturated carbocycles. The Labute approximate surface area is 178 Å². The molecule has 1 atom stereocenters. The first kappa shape index (κ1) is 19.6. The number of rotatable bonds is 5. The van der Waals surface area contributed by atoms with Crippen LogP contribution in [-0.2, 0) is 42.1 Å². The highest BCUT2D eigenvalue weighted by atomic mass is 32.2. The second-order valence-electron chi connectivity index (χ2n) is 7.87. The van der Waals surface area contributed by atoms with E-state index in [4.69, 9.17) is 9.30 Å². The Balaban J connectivity index is 1.32. The first-order valence-electron chi connectivity index (χ1n) is 10.1. The average Bonchev–Trinajstić information content (AvgIpc) is 3.48. The highest BCUT2D eigenvalue weighted by Crippen LogP contribution is 2.38. The lowest BCUT2D eigenvalue weighted by atomic mass is 9.99. The number of nitrogens with one attached hydrogen (secondary N) is 3. The highest BCUT2D eigenvalue weighted by molar-refractivity contribution is 7.91. The van der Waals surface area contributed by atoms with Gasteiger partial charge in [-0.05, 0) is 65.9 Å². The summed E-state index contributed by atoms with van der Waals surface area (Å²) < 4.78 is 29.7. The molecule has 3 aromatic rings. The first-order valence-corrected chi connectivity index (χ1v) is 11.7. The largest absolute Gasteiger partial charge is 0.491 e. The Morgan fingerprint density at radius 3 is 2.55 bits per heavy atom. The van der Waals surface area contributed by atoms with E-state index < -0.39 is 15.9 Å². The zero-order valence-corrected chi connectivity index (χ0v) is 17.5. The molecule has 5 rings (SSSR count). The van der Waals surface area contributed by atoms with Crippen LogP contribution in [0, 0.1) is 4.78 Å². The van der Waals surface area contributed by atoms with Crippen molar-refractivity contribution in [2.75, 3.05) is 5.32 Å². The first-order chi connectivity index (χ1) is 14.9. The molecule has 0 aliphatic heterocycles. The van der Waals surface area contributed by atoms with Crippen LogP contribution in [0.1, 0.15) is 40.9 Å². The molecule has 2 aromatic heterocycles. The van der Waals surface area contributed by atoms with Crippen LogP contribution in [0.4, 0.5) is 10.5 Å². The Morgan fingerprint density at radius 2 is 1.90 bits per heavy atom. The van der Waals surface area contributed by atoms with Crippen LogP contribution < -0.4 is 10.0 Å². The monoisotopic (exact) mass is 442 g/mol. The Morgan fingerprint density at radius 1 is 1.19 bits per heavy atom. The van der Waals surface area contributed by atoms with Gasteiger partial charge in [0.1, 0.15) is 11.4 Å². The van der Waals surface area contributed by atoms with Gasteiger partial charge in [0.05, 0.1) is 6.20 Å². The van der Waals surface area contributed by atoms with Gasteiger partial charge in [-0.15, -0.1) is 0 Å². The van der Waals surface area contributed by atoms with Crippen LogP contribution in [0.2, 0.25) is 0 Å². The normalized spacial score (nSPS) is 16.5. The molecule has 1 aromatic carbocycles. The fourth-order valence-corrected chi connectivity index (χ4v) is 5.31. The Bertz CT molecular complexity index is 1240. The number of aromatic nitrogens is 3. The minimum absolute atomic E-state index is 0.0647. The van der Waals surface area contributed by atoms with Crippen molar-refractivity contribution < 1.29 is 18.6 Å². The maximum atomic E-state index is 12.9. The SMILES string of the molecule is N=S(=O)(NC(=O)Nc1c2c(cc3c1CCC3)CCC2)c1cnn(Cc2cc(O)no2)c1. The van der Waals surface area contributed by atoms with Gasteiger partial charge in [-0.2, -0.15) is 5.10 Å². The van der Waals surface area contributed by atoms with Crippen molar-refractivity contribution in [3.63, 3.8) is 0 Å². The lowest BCUT2D eigenvalue weighted by Crippen LogP contribution is -2.34. The molecule has 2 heterocycles. The van der Waals surface area contributed by atoms with Gasteiger partial charge in [-0.1, -0.05) is 6.07 Å². The maximum Gasteiger partial charge on any atom is 0.331 e. The molecule has 0 bridgehead atoms. The molecule has 0 fully saturated rings. The summed E-state index contributed by atoms with van der Waals surface area (Å²) in [5.41, 5.74) is 5.71. The van der Waals surface area contributed by atoms with E-state index in [1.807, 2.05) is 0 Å². The molecule has 0 spiro atoms. The van der Waals surface area contributed by atoms with E-state index in [0.29, 0.717) is 5.76 Å². The third kappa shape index (κ3) is 3.76. The highest BCUT2D eigenvalue weighted by Gasteiger charge is 2.26. The van der Waals surface area contributed by atoms with E-state index in [-0.39, 0.29) is 17.3 Å². The number of aryl methyl sites for hydroxylation is 2. The molecule has 11 heteroatoms. The molecular weight excluding hydrogens is 420 g/mol. The quantitative estimate of drug-likeness (QED) is 0.478. The van der Waals surface area contributed by atoms with E-state index >= 15 is 0 Å². The van der Waals surface area contributed by atoms with Crippen molar-refractivity contribution in [2.45, 2.75) is 50.0 Å². The van der Waals surface area contributed by atoms with Gasteiger partial charge in [0.25, 0.3) is 5.88 Å². The number of aromatic hydroxyl groups is 1. The van der Waals surface area contributed by atoms with Crippen molar-refractivity contribution in [1.82, 2.24) is 19.7 Å². The minimum atomic E-state index is -3.61. The summed E-state index contributed by atoms with van der Waals surface area (Å²) in [7, 11) is -3.61. The van der Waals surface area contributed by atoms with Crippen LogP contribution in [-0.4, -0.2) is 30.3 Å². The van der Waals surface area contributed by atoms with Crippen LogP contribution in [0.5, 0.6) is 5.88 Å². The molecule has 0 saturated heterocycles. The molecular formula is C20H22N6O4S. The predicted molar refractivity (Wildman–Crippen MR) is 111 cm³/mol. The standard InChI is InChI=1S/C20H22N6O4S/c21-31(29,15-9-22-26(11-15)10-14-8-18(27)24-30-14)25-20(28)23-19-16-5-1-3-12(16)7-13-4-2-6-17(13)19/h7-9,11H,1-6,10H2,(H,24,27)(H3,21,23,25,28,29). The number of hydrogen-bond donors (Lipinski definition) is 4. The predicted octanol–water partition coefficient (Wildman–Crippen LogP) is 2.74. The van der Waals surface area contributed by atoms with E-state index in [1.165, 1.54) is 34.3 Å².